The summed E-state index contributed by atoms with van der Waals surface area (Å²) in [7, 11) is 2.37. The fourth-order valence-electron chi connectivity index (χ4n) is 3.79. The third-order valence-corrected chi connectivity index (χ3v) is 4.96. The van der Waals surface area contributed by atoms with Crippen LogP contribution in [0.2, 0.25) is 0 Å². The smallest absolute Gasteiger partial charge is 0.316 e. The van der Waals surface area contributed by atoms with Gasteiger partial charge in [0.1, 0.15) is 5.92 Å². The predicted molar refractivity (Wildman–Crippen MR) is 86.6 cm³/mol. The van der Waals surface area contributed by atoms with Gasteiger partial charge in [0.2, 0.25) is 6.79 Å². The van der Waals surface area contributed by atoms with Gasteiger partial charge in [-0.3, -0.25) is 14.4 Å². The molecule has 1 aromatic carbocycles. The van der Waals surface area contributed by atoms with Crippen molar-refractivity contribution in [2.45, 2.75) is 24.9 Å². The molecule has 1 heterocycles. The number of Topliss-reactive ketones (excluding diaryl/α,β-unsaturated/α-hetero) is 1. The van der Waals surface area contributed by atoms with Gasteiger partial charge >= 0.3 is 11.9 Å². The van der Waals surface area contributed by atoms with Crippen molar-refractivity contribution in [1.82, 2.24) is 0 Å². The number of fused-ring (bicyclic) bond motifs is 1. The Labute approximate surface area is 150 Å². The van der Waals surface area contributed by atoms with Crippen molar-refractivity contribution in [3.05, 3.63) is 23.8 Å². The van der Waals surface area contributed by atoms with Crippen molar-refractivity contribution in [3.63, 3.8) is 0 Å². The van der Waals surface area contributed by atoms with Crippen molar-refractivity contribution >= 4 is 17.7 Å². The largest absolute Gasteiger partial charge is 0.469 e. The van der Waals surface area contributed by atoms with Gasteiger partial charge in [0.05, 0.1) is 25.7 Å². The molecule has 2 aliphatic rings. The third-order valence-electron chi connectivity index (χ3n) is 4.96. The number of carbonyl (C=O) groups excluding carboxylic acids is 3. The van der Waals surface area contributed by atoms with Crippen LogP contribution >= 0.6 is 0 Å². The van der Waals surface area contributed by atoms with Crippen molar-refractivity contribution < 1.29 is 38.4 Å². The molecule has 0 saturated heterocycles. The summed E-state index contributed by atoms with van der Waals surface area (Å²) in [6, 6.07) is 4.88. The maximum Gasteiger partial charge on any atom is 0.316 e. The number of ketones is 1. The summed E-state index contributed by atoms with van der Waals surface area (Å²) in [6.07, 6.45) is -0.354. The van der Waals surface area contributed by atoms with Gasteiger partial charge in [0.25, 0.3) is 0 Å². The number of hydrogen-bond acceptors (Lipinski definition) is 8. The summed E-state index contributed by atoms with van der Waals surface area (Å²) in [5.41, 5.74) is -1.19. The van der Waals surface area contributed by atoms with Gasteiger partial charge in [-0.25, -0.2) is 0 Å². The van der Waals surface area contributed by atoms with Crippen LogP contribution in [0, 0.1) is 11.8 Å². The number of aliphatic hydroxyl groups is 1. The molecule has 1 aromatic rings. The zero-order valence-corrected chi connectivity index (χ0v) is 14.7. The molecule has 3 rings (SSSR count). The van der Waals surface area contributed by atoms with Crippen LogP contribution in [0.25, 0.3) is 0 Å². The second-order valence-electron chi connectivity index (χ2n) is 6.64. The van der Waals surface area contributed by atoms with Crippen LogP contribution in [0.4, 0.5) is 0 Å². The van der Waals surface area contributed by atoms with Crippen LogP contribution in [0.15, 0.2) is 18.2 Å². The highest BCUT2D eigenvalue weighted by atomic mass is 16.7. The van der Waals surface area contributed by atoms with E-state index in [2.05, 4.69) is 0 Å². The Kier molecular flexibility index (Phi) is 4.62. The molecule has 0 spiro atoms. The van der Waals surface area contributed by atoms with E-state index in [-0.39, 0.29) is 13.2 Å². The molecule has 8 heteroatoms. The van der Waals surface area contributed by atoms with Crippen LogP contribution in [0.1, 0.15) is 24.8 Å². The Morgan fingerprint density at radius 3 is 2.46 bits per heavy atom. The van der Waals surface area contributed by atoms with E-state index in [0.29, 0.717) is 17.1 Å². The number of rotatable bonds is 3. The quantitative estimate of drug-likeness (QED) is 0.620. The lowest BCUT2D eigenvalue weighted by Crippen LogP contribution is -2.55. The molecular weight excluding hydrogens is 344 g/mol. The lowest BCUT2D eigenvalue weighted by atomic mass is 9.61. The first-order chi connectivity index (χ1) is 12.3. The summed E-state index contributed by atoms with van der Waals surface area (Å²) in [6.45, 7) is 1.45. The predicted octanol–water partition coefficient (Wildman–Crippen LogP) is 0.801. The van der Waals surface area contributed by atoms with Crippen molar-refractivity contribution in [2.24, 2.45) is 11.8 Å². The lowest BCUT2D eigenvalue weighted by molar-refractivity contribution is -0.170. The van der Waals surface area contributed by atoms with E-state index in [1.54, 1.807) is 18.2 Å². The molecular formula is C18H20O8. The summed E-state index contributed by atoms with van der Waals surface area (Å²) in [4.78, 5) is 37.4. The minimum absolute atomic E-state index is 0.0565. The molecule has 1 aliphatic heterocycles. The molecule has 0 aromatic heterocycles. The van der Waals surface area contributed by atoms with Crippen molar-refractivity contribution in [3.8, 4) is 11.5 Å². The van der Waals surface area contributed by atoms with E-state index in [1.165, 1.54) is 21.1 Å². The van der Waals surface area contributed by atoms with Crippen molar-refractivity contribution in [2.75, 3.05) is 21.0 Å². The highest BCUT2D eigenvalue weighted by molar-refractivity contribution is 6.02. The maximum absolute atomic E-state index is 12.6. The standard InChI is InChI=1S/C18H20O8/c1-18(22)7-10(19)14(16(20)23-2)13(15(18)17(21)24-3)9-4-5-11-12(6-9)26-8-25-11/h4-6,13-15,22H,7-8H2,1-3H3/t13-,14-,15-,18-/m1/s1. The van der Waals surface area contributed by atoms with E-state index in [1.807, 2.05) is 0 Å². The number of hydrogen-bond donors (Lipinski definition) is 1. The zero-order chi connectivity index (χ0) is 19.1. The minimum atomic E-state index is -1.67. The van der Waals surface area contributed by atoms with Gasteiger partial charge in [-0.2, -0.15) is 0 Å². The molecule has 8 nitrogen and oxygen atoms in total. The average molecular weight is 364 g/mol. The number of methoxy groups -OCH3 is 2. The normalized spacial score (nSPS) is 30.0. The highest BCUT2D eigenvalue weighted by Crippen LogP contribution is 2.48. The van der Waals surface area contributed by atoms with E-state index in [0.717, 1.165) is 0 Å². The summed E-state index contributed by atoms with van der Waals surface area (Å²) in [5.74, 6) is -4.33. The Hall–Kier alpha value is -2.61. The first-order valence-electron chi connectivity index (χ1n) is 8.10. The minimum Gasteiger partial charge on any atom is -0.469 e. The second kappa shape index (κ2) is 6.60. The van der Waals surface area contributed by atoms with Gasteiger partial charge in [-0.05, 0) is 24.6 Å². The highest BCUT2D eigenvalue weighted by Gasteiger charge is 2.57. The first-order valence-corrected chi connectivity index (χ1v) is 8.10. The summed E-state index contributed by atoms with van der Waals surface area (Å²) in [5, 5.41) is 10.8. The molecule has 26 heavy (non-hydrogen) atoms. The zero-order valence-electron chi connectivity index (χ0n) is 14.7. The van der Waals surface area contributed by atoms with Gasteiger partial charge in [0.15, 0.2) is 17.3 Å². The summed E-state index contributed by atoms with van der Waals surface area (Å²) < 4.78 is 20.3. The van der Waals surface area contributed by atoms with E-state index in [4.69, 9.17) is 18.9 Å². The molecule has 0 bridgehead atoms. The van der Waals surface area contributed by atoms with Gasteiger partial charge in [0, 0.05) is 12.3 Å². The first kappa shape index (κ1) is 18.2. The Balaban J connectivity index is 2.15. The molecule has 4 atom stereocenters. The van der Waals surface area contributed by atoms with Gasteiger partial charge in [-0.15, -0.1) is 0 Å². The molecule has 1 aliphatic carbocycles. The SMILES string of the molecule is COC(=O)[C@@H]1C(=O)C[C@@](C)(O)[C@@H](C(=O)OC)[C@@H]1c1ccc2c(c1)OCO2. The van der Waals surface area contributed by atoms with Crippen LogP contribution in [-0.2, 0) is 23.9 Å². The number of carbonyl (C=O) groups is 3. The molecule has 1 N–H and O–H groups in total. The molecule has 0 radical (unpaired) electrons. The average Bonchev–Trinajstić information content (AvgIpc) is 3.06. The second-order valence-corrected chi connectivity index (χ2v) is 6.64. The van der Waals surface area contributed by atoms with Crippen LogP contribution < -0.4 is 9.47 Å². The Morgan fingerprint density at radius 1 is 1.15 bits per heavy atom. The monoisotopic (exact) mass is 364 g/mol. The third kappa shape index (κ3) is 2.90. The van der Waals surface area contributed by atoms with Crippen LogP contribution in [-0.4, -0.2) is 49.4 Å². The van der Waals surface area contributed by atoms with E-state index >= 15 is 0 Å². The summed E-state index contributed by atoms with van der Waals surface area (Å²) >= 11 is 0. The fraction of sp³-hybridized carbons (Fsp3) is 0.500. The van der Waals surface area contributed by atoms with E-state index < -0.39 is 41.1 Å². The lowest BCUT2D eigenvalue weighted by Gasteiger charge is -2.43. The maximum atomic E-state index is 12.6. The Morgan fingerprint density at radius 2 is 1.81 bits per heavy atom. The van der Waals surface area contributed by atoms with Gasteiger partial charge < -0.3 is 24.1 Å². The van der Waals surface area contributed by atoms with Crippen LogP contribution in [0.5, 0.6) is 11.5 Å². The van der Waals surface area contributed by atoms with E-state index in [9.17, 15) is 19.5 Å². The number of esters is 2. The molecule has 140 valence electrons. The molecule has 0 unspecified atom stereocenters. The topological polar surface area (TPSA) is 108 Å². The number of benzene rings is 1. The van der Waals surface area contributed by atoms with Gasteiger partial charge in [-0.1, -0.05) is 6.07 Å². The number of ether oxygens (including phenoxy) is 4. The van der Waals surface area contributed by atoms with Crippen LogP contribution in [0.3, 0.4) is 0 Å². The Bertz CT molecular complexity index is 754. The fourth-order valence-corrected chi connectivity index (χ4v) is 3.79. The molecule has 1 fully saturated rings. The molecule has 1 saturated carbocycles. The molecule has 0 amide bonds. The van der Waals surface area contributed by atoms with Crippen molar-refractivity contribution in [1.29, 1.82) is 0 Å².